The fourth-order valence-electron chi connectivity index (χ4n) is 2.56. The Hall–Kier alpha value is -1.43. The molecule has 5 N–H and O–H groups in total. The van der Waals surface area contributed by atoms with Gasteiger partial charge in [0.25, 0.3) is 0 Å². The molecular formula is C10H15N5O8P2. The highest BCUT2D eigenvalue weighted by Gasteiger charge is 2.40. The van der Waals surface area contributed by atoms with Gasteiger partial charge in [0.05, 0.1) is 25.0 Å². The molecule has 0 spiro atoms. The lowest BCUT2D eigenvalue weighted by molar-refractivity contribution is -0.0166. The number of nitrogens with two attached hydrogens (primary N) is 1. The lowest BCUT2D eigenvalue weighted by Gasteiger charge is -2.17. The summed E-state index contributed by atoms with van der Waals surface area (Å²) in [6.07, 6.45) is 0.325. The Kier molecular flexibility index (Phi) is 5.19. The molecule has 0 amide bonds. The van der Waals surface area contributed by atoms with E-state index in [0.717, 1.165) is 0 Å². The van der Waals surface area contributed by atoms with Crippen molar-refractivity contribution in [2.75, 3.05) is 12.3 Å². The normalized spacial score (nSPS) is 25.5. The molecule has 2 aromatic heterocycles. The van der Waals surface area contributed by atoms with E-state index in [2.05, 4.69) is 19.6 Å². The van der Waals surface area contributed by atoms with Gasteiger partial charge < -0.3 is 29.7 Å². The highest BCUT2D eigenvalue weighted by molar-refractivity contribution is 7.46. The van der Waals surface area contributed by atoms with Crippen LogP contribution in [0.15, 0.2) is 12.5 Å². The SMILES string of the molecule is Nc1ncnc2c([C@H]3C[C@H](O[PH](=O)O)[C@@H](COP(=O)(O)O)O3)cnn12. The van der Waals surface area contributed by atoms with E-state index in [9.17, 15) is 9.13 Å². The molecule has 13 nitrogen and oxygen atoms in total. The summed E-state index contributed by atoms with van der Waals surface area (Å²) in [6.45, 7) is -0.517. The van der Waals surface area contributed by atoms with E-state index in [1.54, 1.807) is 0 Å². The number of hydrogen-bond acceptors (Lipinski definition) is 9. The van der Waals surface area contributed by atoms with Crippen molar-refractivity contribution in [1.29, 1.82) is 0 Å². The number of anilines is 1. The molecule has 3 heterocycles. The first-order valence-corrected chi connectivity index (χ1v) is 9.73. The average molecular weight is 395 g/mol. The van der Waals surface area contributed by atoms with E-state index in [-0.39, 0.29) is 12.4 Å². The van der Waals surface area contributed by atoms with Crippen molar-refractivity contribution in [3.05, 3.63) is 18.1 Å². The van der Waals surface area contributed by atoms with Crippen LogP contribution in [0.1, 0.15) is 18.1 Å². The number of rotatable bonds is 6. The van der Waals surface area contributed by atoms with Crippen molar-refractivity contribution >= 4 is 27.7 Å². The number of aromatic nitrogens is 4. The lowest BCUT2D eigenvalue weighted by atomic mass is 10.1. The van der Waals surface area contributed by atoms with Gasteiger partial charge in [-0.15, -0.1) is 0 Å². The molecule has 2 aromatic rings. The molecule has 138 valence electrons. The van der Waals surface area contributed by atoms with E-state index in [0.29, 0.717) is 11.2 Å². The van der Waals surface area contributed by atoms with Crippen LogP contribution < -0.4 is 5.73 Å². The fraction of sp³-hybridized carbons (Fsp3) is 0.500. The molecule has 0 bridgehead atoms. The zero-order valence-electron chi connectivity index (χ0n) is 12.5. The van der Waals surface area contributed by atoms with Crippen molar-refractivity contribution in [2.24, 2.45) is 0 Å². The summed E-state index contributed by atoms with van der Waals surface area (Å²) in [5.41, 5.74) is 6.60. The quantitative estimate of drug-likeness (QED) is 0.455. The smallest absolute Gasteiger partial charge is 0.368 e. The van der Waals surface area contributed by atoms with Crippen LogP contribution in [0.3, 0.4) is 0 Å². The first kappa shape index (κ1) is 18.4. The second-order valence-corrected chi connectivity index (χ2v) is 7.18. The standard InChI is InChI=1S/C10H15N5O8P2/c11-10-13-4-12-9-5(2-14-15(9)10)6-1-7(23-24(16)17)8(22-6)3-21-25(18,19)20/h2,4,6-8,24H,1,3H2,(H,16,17)(H2,11,12,13)(H2,18,19,20)/t6-,7+,8-/m1/s1. The van der Waals surface area contributed by atoms with Crippen LogP contribution in [-0.2, 0) is 22.9 Å². The van der Waals surface area contributed by atoms with Gasteiger partial charge in [-0.25, -0.2) is 14.5 Å². The monoisotopic (exact) mass is 395 g/mol. The molecule has 1 fully saturated rings. The lowest BCUT2D eigenvalue weighted by Crippen LogP contribution is -2.27. The van der Waals surface area contributed by atoms with Gasteiger partial charge >= 0.3 is 16.1 Å². The highest BCUT2D eigenvalue weighted by atomic mass is 31.2. The Labute approximate surface area is 140 Å². The Balaban J connectivity index is 1.83. The van der Waals surface area contributed by atoms with Gasteiger partial charge in [-0.05, 0) is 0 Å². The van der Waals surface area contributed by atoms with Crippen molar-refractivity contribution in [3.63, 3.8) is 0 Å². The summed E-state index contributed by atoms with van der Waals surface area (Å²) in [7, 11) is -8.01. The van der Waals surface area contributed by atoms with Crippen molar-refractivity contribution in [1.82, 2.24) is 19.6 Å². The summed E-state index contributed by atoms with van der Waals surface area (Å²) in [5.74, 6) is 0.115. The zero-order chi connectivity index (χ0) is 18.2. The molecule has 4 atom stereocenters. The summed E-state index contributed by atoms with van der Waals surface area (Å²) in [4.78, 5) is 34.5. The maximum absolute atomic E-state index is 11.0. The maximum Gasteiger partial charge on any atom is 0.469 e. The van der Waals surface area contributed by atoms with Crippen LogP contribution in [0.4, 0.5) is 5.95 Å². The molecule has 1 aliphatic rings. The van der Waals surface area contributed by atoms with Gasteiger partial charge in [-0.2, -0.15) is 9.61 Å². The molecule has 3 rings (SSSR count). The van der Waals surface area contributed by atoms with E-state index in [4.69, 9.17) is 29.7 Å². The predicted molar refractivity (Wildman–Crippen MR) is 81.5 cm³/mol. The molecule has 15 heteroatoms. The molecule has 25 heavy (non-hydrogen) atoms. The van der Waals surface area contributed by atoms with Crippen LogP contribution >= 0.6 is 16.1 Å². The summed E-state index contributed by atoms with van der Waals surface area (Å²) >= 11 is 0. The average Bonchev–Trinajstić information content (AvgIpc) is 3.08. The van der Waals surface area contributed by atoms with Crippen molar-refractivity contribution in [3.8, 4) is 0 Å². The van der Waals surface area contributed by atoms with Gasteiger partial charge in [0.15, 0.2) is 5.65 Å². The van der Waals surface area contributed by atoms with E-state index < -0.39 is 41.0 Å². The number of nitrogens with zero attached hydrogens (tertiary/aromatic N) is 4. The molecule has 1 aliphatic heterocycles. The number of phosphoric acid groups is 1. The van der Waals surface area contributed by atoms with Crippen LogP contribution in [0, 0.1) is 0 Å². The second-order valence-electron chi connectivity index (χ2n) is 5.17. The number of phosphoric ester groups is 1. The van der Waals surface area contributed by atoms with Crippen LogP contribution in [-0.4, -0.2) is 53.1 Å². The maximum atomic E-state index is 11.0. The van der Waals surface area contributed by atoms with Crippen molar-refractivity contribution < 1.29 is 37.6 Å². The summed E-state index contributed by atoms with van der Waals surface area (Å²) in [6, 6.07) is 0. The van der Waals surface area contributed by atoms with E-state index >= 15 is 0 Å². The first-order chi connectivity index (χ1) is 11.7. The zero-order valence-corrected chi connectivity index (χ0v) is 14.4. The number of nitrogen functional groups attached to an aromatic ring is 1. The van der Waals surface area contributed by atoms with Crippen LogP contribution in [0.25, 0.3) is 5.65 Å². The molecule has 1 saturated heterocycles. The molecule has 0 saturated carbocycles. The van der Waals surface area contributed by atoms with Gasteiger partial charge in [0, 0.05) is 12.0 Å². The third-order valence-electron chi connectivity index (χ3n) is 3.56. The summed E-state index contributed by atoms with van der Waals surface area (Å²) in [5, 5.41) is 4.04. The number of ether oxygens (including phenoxy) is 1. The Morgan fingerprint density at radius 3 is 2.92 bits per heavy atom. The van der Waals surface area contributed by atoms with Gasteiger partial charge in [0.1, 0.15) is 12.4 Å². The molecule has 0 radical (unpaired) electrons. The number of fused-ring (bicyclic) bond motifs is 1. The number of hydrogen-bond donors (Lipinski definition) is 4. The second kappa shape index (κ2) is 7.06. The Morgan fingerprint density at radius 1 is 1.48 bits per heavy atom. The third-order valence-corrected chi connectivity index (χ3v) is 4.55. The minimum absolute atomic E-state index is 0.115. The summed E-state index contributed by atoms with van der Waals surface area (Å²) < 4.78 is 38.2. The van der Waals surface area contributed by atoms with Crippen molar-refractivity contribution in [2.45, 2.75) is 24.7 Å². The molecule has 1 unspecified atom stereocenters. The van der Waals surface area contributed by atoms with Gasteiger partial charge in [-0.1, -0.05) is 0 Å². The molecular weight excluding hydrogens is 380 g/mol. The van der Waals surface area contributed by atoms with Gasteiger partial charge in [-0.3, -0.25) is 9.09 Å². The first-order valence-electron chi connectivity index (χ1n) is 6.94. The van der Waals surface area contributed by atoms with Gasteiger partial charge in [0.2, 0.25) is 5.95 Å². The van der Waals surface area contributed by atoms with Crippen LogP contribution in [0.5, 0.6) is 0 Å². The fourth-order valence-corrected chi connectivity index (χ4v) is 3.41. The topological polar surface area (TPSA) is 192 Å². The van der Waals surface area contributed by atoms with E-state index in [1.165, 1.54) is 17.0 Å². The van der Waals surface area contributed by atoms with Crippen LogP contribution in [0.2, 0.25) is 0 Å². The van der Waals surface area contributed by atoms with E-state index in [1.807, 2.05) is 0 Å². The molecule has 0 aliphatic carbocycles. The Morgan fingerprint density at radius 2 is 2.24 bits per heavy atom. The largest absolute Gasteiger partial charge is 0.469 e. The molecule has 0 aromatic carbocycles. The minimum atomic E-state index is -4.73. The predicted octanol–water partition coefficient (Wildman–Crippen LogP) is -0.587. The highest BCUT2D eigenvalue weighted by Crippen LogP contribution is 2.42. The minimum Gasteiger partial charge on any atom is -0.368 e. The Bertz CT molecular complexity index is 840. The third kappa shape index (κ3) is 4.22.